The summed E-state index contributed by atoms with van der Waals surface area (Å²) in [6.07, 6.45) is 6.36. The smallest absolute Gasteiger partial charge is 0.255 e. The normalized spacial score (nSPS) is 14.8. The summed E-state index contributed by atoms with van der Waals surface area (Å²) in [4.78, 5) is 60.3. The third-order valence-electron chi connectivity index (χ3n) is 5.36. The molecule has 1 heterocycles. The molecule has 1 aliphatic heterocycles. The van der Waals surface area contributed by atoms with Crippen LogP contribution in [0.2, 0.25) is 0 Å². The minimum atomic E-state index is -0.772. The summed E-state index contributed by atoms with van der Waals surface area (Å²) >= 11 is 0. The lowest BCUT2D eigenvalue weighted by atomic mass is 10.0. The molecule has 4 amide bonds. The van der Waals surface area contributed by atoms with Gasteiger partial charge in [0.25, 0.3) is 5.91 Å². The van der Waals surface area contributed by atoms with Gasteiger partial charge in [0.1, 0.15) is 11.8 Å². The summed E-state index contributed by atoms with van der Waals surface area (Å²) in [5.41, 5.74) is 0.354. The van der Waals surface area contributed by atoms with Crippen molar-refractivity contribution in [3.8, 4) is 5.75 Å². The zero-order valence-corrected chi connectivity index (χ0v) is 21.4. The van der Waals surface area contributed by atoms with Crippen LogP contribution in [0.3, 0.4) is 0 Å². The lowest BCUT2D eigenvalue weighted by Gasteiger charge is -2.30. The van der Waals surface area contributed by atoms with Gasteiger partial charge in [-0.2, -0.15) is 0 Å². The molecule has 1 atom stereocenters. The SMILES string of the molecule is CCC.CCC(=O)NCCCCCCOc1ccc(C=O)c(C(=O)N(C)C2CCC(=O)NC2=O)c1. The van der Waals surface area contributed by atoms with E-state index in [1.807, 2.05) is 6.92 Å². The number of amides is 4. The predicted molar refractivity (Wildman–Crippen MR) is 133 cm³/mol. The first-order valence-corrected chi connectivity index (χ1v) is 12.4. The van der Waals surface area contributed by atoms with Gasteiger partial charge in [-0.05, 0) is 37.5 Å². The number of hydrogen-bond acceptors (Lipinski definition) is 6. The molecule has 2 rings (SSSR count). The Morgan fingerprint density at radius 1 is 1.14 bits per heavy atom. The Kier molecular flexibility index (Phi) is 14.0. The molecule has 1 fully saturated rings. The van der Waals surface area contributed by atoms with E-state index in [-0.39, 0.29) is 35.8 Å². The van der Waals surface area contributed by atoms with Crippen LogP contribution in [0.15, 0.2) is 18.2 Å². The van der Waals surface area contributed by atoms with Crippen molar-refractivity contribution < 1.29 is 28.7 Å². The van der Waals surface area contributed by atoms with Gasteiger partial charge in [-0.1, -0.05) is 40.0 Å². The zero-order valence-electron chi connectivity index (χ0n) is 21.4. The number of piperidine rings is 1. The van der Waals surface area contributed by atoms with Gasteiger partial charge in [0.2, 0.25) is 17.7 Å². The number of aldehydes is 1. The van der Waals surface area contributed by atoms with Crippen LogP contribution >= 0.6 is 0 Å². The van der Waals surface area contributed by atoms with Crippen LogP contribution in [0.25, 0.3) is 0 Å². The molecule has 1 aliphatic rings. The average molecular weight is 490 g/mol. The molecule has 1 aromatic carbocycles. The quantitative estimate of drug-likeness (QED) is 0.264. The Morgan fingerprint density at radius 3 is 2.46 bits per heavy atom. The standard InChI is InChI=1S/C23H31N3O6.C3H8/c1-3-20(28)24-12-6-4-5-7-13-32-17-9-8-16(15-27)18(14-17)23(31)26(2)19-10-11-21(29)25-22(19)30;1-3-2/h8-9,14-15,19H,3-7,10-13H2,1-2H3,(H,24,28)(H,25,29,30);3H2,1-2H3. The highest BCUT2D eigenvalue weighted by molar-refractivity contribution is 6.06. The third-order valence-corrected chi connectivity index (χ3v) is 5.36. The van der Waals surface area contributed by atoms with Crippen molar-refractivity contribution in [2.45, 2.75) is 78.2 Å². The van der Waals surface area contributed by atoms with Crippen molar-refractivity contribution in [2.24, 2.45) is 0 Å². The number of likely N-dealkylation sites (N-methyl/N-ethyl adjacent to an activating group) is 1. The molecule has 0 saturated carbocycles. The van der Waals surface area contributed by atoms with E-state index in [0.29, 0.717) is 31.6 Å². The zero-order chi connectivity index (χ0) is 26.2. The first-order chi connectivity index (χ1) is 16.8. The van der Waals surface area contributed by atoms with E-state index >= 15 is 0 Å². The van der Waals surface area contributed by atoms with Crippen molar-refractivity contribution >= 4 is 29.9 Å². The van der Waals surface area contributed by atoms with E-state index in [2.05, 4.69) is 24.5 Å². The molecule has 0 spiro atoms. The number of hydrogen-bond donors (Lipinski definition) is 2. The van der Waals surface area contributed by atoms with Crippen LogP contribution in [0.4, 0.5) is 0 Å². The summed E-state index contributed by atoms with van der Waals surface area (Å²) in [7, 11) is 1.48. The van der Waals surface area contributed by atoms with Gasteiger partial charge in [-0.15, -0.1) is 0 Å². The topological polar surface area (TPSA) is 122 Å². The number of unbranched alkanes of at least 4 members (excludes halogenated alkanes) is 3. The molecular formula is C26H39N3O6. The molecular weight excluding hydrogens is 450 g/mol. The molecule has 194 valence electrons. The highest BCUT2D eigenvalue weighted by Crippen LogP contribution is 2.21. The van der Waals surface area contributed by atoms with Gasteiger partial charge in [0.05, 0.1) is 12.2 Å². The maximum Gasteiger partial charge on any atom is 0.255 e. The van der Waals surface area contributed by atoms with E-state index in [0.717, 1.165) is 25.7 Å². The summed E-state index contributed by atoms with van der Waals surface area (Å²) in [6, 6.07) is 3.89. The number of ether oxygens (including phenoxy) is 1. The van der Waals surface area contributed by atoms with Crippen LogP contribution in [-0.2, 0) is 14.4 Å². The molecule has 2 N–H and O–H groups in total. The molecule has 0 aromatic heterocycles. The Morgan fingerprint density at radius 2 is 1.83 bits per heavy atom. The maximum atomic E-state index is 13.0. The van der Waals surface area contributed by atoms with E-state index < -0.39 is 17.9 Å². The molecule has 0 aliphatic carbocycles. The van der Waals surface area contributed by atoms with Crippen molar-refractivity contribution in [3.05, 3.63) is 29.3 Å². The highest BCUT2D eigenvalue weighted by Gasteiger charge is 2.33. The minimum Gasteiger partial charge on any atom is -0.494 e. The number of carbonyl (C=O) groups is 5. The van der Waals surface area contributed by atoms with Crippen molar-refractivity contribution in [3.63, 3.8) is 0 Å². The fourth-order valence-electron chi connectivity index (χ4n) is 3.42. The lowest BCUT2D eigenvalue weighted by molar-refractivity contribution is -0.136. The van der Waals surface area contributed by atoms with Crippen LogP contribution in [0.5, 0.6) is 5.75 Å². The number of nitrogens with one attached hydrogen (secondary N) is 2. The first-order valence-electron chi connectivity index (χ1n) is 12.4. The number of rotatable bonds is 12. The van der Waals surface area contributed by atoms with E-state index in [1.54, 1.807) is 6.07 Å². The van der Waals surface area contributed by atoms with Crippen LogP contribution in [-0.4, -0.2) is 61.1 Å². The van der Waals surface area contributed by atoms with E-state index in [9.17, 15) is 24.0 Å². The van der Waals surface area contributed by atoms with Crippen LogP contribution in [0.1, 0.15) is 92.9 Å². The second kappa shape index (κ2) is 16.4. The monoisotopic (exact) mass is 489 g/mol. The Bertz CT molecular complexity index is 871. The van der Waals surface area contributed by atoms with Gasteiger partial charge >= 0.3 is 0 Å². The second-order valence-electron chi connectivity index (χ2n) is 8.42. The van der Waals surface area contributed by atoms with Gasteiger partial charge in [-0.25, -0.2) is 0 Å². The number of nitrogens with zero attached hydrogens (tertiary/aromatic N) is 1. The molecule has 1 saturated heterocycles. The Balaban J connectivity index is 0.00000194. The largest absolute Gasteiger partial charge is 0.494 e. The van der Waals surface area contributed by atoms with Gasteiger partial charge in [0.15, 0.2) is 6.29 Å². The highest BCUT2D eigenvalue weighted by atomic mass is 16.5. The van der Waals surface area contributed by atoms with E-state index in [1.165, 1.54) is 30.5 Å². The molecule has 1 unspecified atom stereocenters. The van der Waals surface area contributed by atoms with Crippen LogP contribution < -0.4 is 15.4 Å². The van der Waals surface area contributed by atoms with Crippen molar-refractivity contribution in [1.82, 2.24) is 15.5 Å². The maximum absolute atomic E-state index is 13.0. The lowest BCUT2D eigenvalue weighted by Crippen LogP contribution is -2.53. The molecule has 9 heteroatoms. The first kappa shape index (κ1) is 29.8. The summed E-state index contributed by atoms with van der Waals surface area (Å²) in [6.45, 7) is 7.20. The Hall–Kier alpha value is -3.23. The number of carbonyl (C=O) groups excluding carboxylic acids is 5. The summed E-state index contributed by atoms with van der Waals surface area (Å²) < 4.78 is 5.74. The molecule has 1 aromatic rings. The number of benzene rings is 1. The minimum absolute atomic E-state index is 0.0562. The summed E-state index contributed by atoms with van der Waals surface area (Å²) in [5.74, 6) is -0.846. The molecule has 0 radical (unpaired) electrons. The Labute approximate surface area is 208 Å². The van der Waals surface area contributed by atoms with Crippen molar-refractivity contribution in [1.29, 1.82) is 0 Å². The third kappa shape index (κ3) is 10.3. The van der Waals surface area contributed by atoms with Crippen molar-refractivity contribution in [2.75, 3.05) is 20.2 Å². The second-order valence-corrected chi connectivity index (χ2v) is 8.42. The van der Waals surface area contributed by atoms with Crippen LogP contribution in [0, 0.1) is 0 Å². The number of imide groups is 1. The molecule has 35 heavy (non-hydrogen) atoms. The van der Waals surface area contributed by atoms with Gasteiger partial charge in [0, 0.05) is 32.0 Å². The fourth-order valence-corrected chi connectivity index (χ4v) is 3.42. The van der Waals surface area contributed by atoms with Gasteiger partial charge in [-0.3, -0.25) is 29.3 Å². The van der Waals surface area contributed by atoms with E-state index in [4.69, 9.17) is 4.74 Å². The summed E-state index contributed by atoms with van der Waals surface area (Å²) in [5, 5.41) is 5.07. The molecule has 0 bridgehead atoms. The average Bonchev–Trinajstić information content (AvgIpc) is 2.85. The molecule has 9 nitrogen and oxygen atoms in total. The fraction of sp³-hybridized carbons (Fsp3) is 0.577. The predicted octanol–water partition coefficient (Wildman–Crippen LogP) is 3.26. The van der Waals surface area contributed by atoms with Gasteiger partial charge < -0.3 is 15.0 Å².